The Balaban J connectivity index is 2.50. The van der Waals surface area contributed by atoms with E-state index in [0.717, 1.165) is 12.8 Å². The normalized spacial score (nSPS) is 16.6. The molecule has 144 valence electrons. The molecule has 0 unspecified atom stereocenters. The molecule has 0 spiro atoms. The molecule has 1 aromatic rings. The summed E-state index contributed by atoms with van der Waals surface area (Å²) in [4.78, 5) is 1.94. The van der Waals surface area contributed by atoms with Gasteiger partial charge in [0.15, 0.2) is 0 Å². The summed E-state index contributed by atoms with van der Waals surface area (Å²) in [7, 11) is 1.59. The molecule has 0 saturated carbocycles. The average Bonchev–Trinajstić information content (AvgIpc) is 2.64. The highest BCUT2D eigenvalue weighted by Gasteiger charge is 2.30. The van der Waals surface area contributed by atoms with Crippen molar-refractivity contribution in [1.82, 2.24) is 4.90 Å². The SMILES string of the molecule is COCCN(CCCc1ccccc1)C[C@H](O)[C@@H](O)[C@H](O)[C@@H](O)CO. The Bertz CT molecular complexity index is 446. The van der Waals surface area contributed by atoms with Crippen molar-refractivity contribution in [1.29, 1.82) is 0 Å². The first-order valence-corrected chi connectivity index (χ1v) is 8.58. The summed E-state index contributed by atoms with van der Waals surface area (Å²) in [5.41, 5.74) is 1.23. The molecular formula is C18H31NO6. The second-order valence-corrected chi connectivity index (χ2v) is 6.18. The van der Waals surface area contributed by atoms with E-state index < -0.39 is 31.0 Å². The van der Waals surface area contributed by atoms with Crippen LogP contribution in [0.25, 0.3) is 0 Å². The average molecular weight is 357 g/mol. The minimum Gasteiger partial charge on any atom is -0.394 e. The van der Waals surface area contributed by atoms with Crippen LogP contribution in [0.15, 0.2) is 30.3 Å². The van der Waals surface area contributed by atoms with Crippen LogP contribution in [0.4, 0.5) is 0 Å². The molecule has 1 rings (SSSR count). The van der Waals surface area contributed by atoms with Gasteiger partial charge in [0.25, 0.3) is 0 Å². The molecule has 1 aromatic carbocycles. The van der Waals surface area contributed by atoms with Crippen molar-refractivity contribution in [3.05, 3.63) is 35.9 Å². The van der Waals surface area contributed by atoms with Crippen LogP contribution in [-0.4, -0.2) is 94.8 Å². The molecule has 0 aliphatic heterocycles. The topological polar surface area (TPSA) is 114 Å². The number of hydrogen-bond acceptors (Lipinski definition) is 7. The molecule has 7 nitrogen and oxygen atoms in total. The van der Waals surface area contributed by atoms with Gasteiger partial charge in [-0.25, -0.2) is 0 Å². The molecule has 0 aliphatic carbocycles. The molecular weight excluding hydrogens is 326 g/mol. The zero-order valence-electron chi connectivity index (χ0n) is 14.7. The Labute approximate surface area is 149 Å². The number of rotatable bonds is 13. The van der Waals surface area contributed by atoms with Crippen LogP contribution in [0.2, 0.25) is 0 Å². The Morgan fingerprint density at radius 3 is 2.20 bits per heavy atom. The molecule has 0 saturated heterocycles. The van der Waals surface area contributed by atoms with Gasteiger partial charge in [-0.2, -0.15) is 0 Å². The van der Waals surface area contributed by atoms with Crippen LogP contribution in [0.5, 0.6) is 0 Å². The fraction of sp³-hybridized carbons (Fsp3) is 0.667. The number of hydrogen-bond donors (Lipinski definition) is 5. The second-order valence-electron chi connectivity index (χ2n) is 6.18. The van der Waals surface area contributed by atoms with Gasteiger partial charge in [0, 0.05) is 20.2 Å². The fourth-order valence-electron chi connectivity index (χ4n) is 2.60. The maximum Gasteiger partial charge on any atom is 0.111 e. The van der Waals surface area contributed by atoms with Crippen molar-refractivity contribution in [3.8, 4) is 0 Å². The van der Waals surface area contributed by atoms with Crippen molar-refractivity contribution in [2.45, 2.75) is 37.3 Å². The summed E-state index contributed by atoms with van der Waals surface area (Å²) in [5, 5.41) is 48.0. The van der Waals surface area contributed by atoms with Crippen molar-refractivity contribution >= 4 is 0 Å². The molecule has 7 heteroatoms. The summed E-state index contributed by atoms with van der Waals surface area (Å²) in [6.07, 6.45) is -4.11. The molecule has 0 amide bonds. The molecule has 0 fully saturated rings. The van der Waals surface area contributed by atoms with Crippen LogP contribution in [0.3, 0.4) is 0 Å². The lowest BCUT2D eigenvalue weighted by atomic mass is 10.0. The quantitative estimate of drug-likeness (QED) is 0.308. The number of nitrogens with zero attached hydrogens (tertiary/aromatic N) is 1. The van der Waals surface area contributed by atoms with Crippen molar-refractivity contribution in [3.63, 3.8) is 0 Å². The number of methoxy groups -OCH3 is 1. The number of benzene rings is 1. The number of ether oxygens (including phenoxy) is 1. The first kappa shape index (κ1) is 22.0. The van der Waals surface area contributed by atoms with Gasteiger partial charge in [-0.3, -0.25) is 4.90 Å². The van der Waals surface area contributed by atoms with E-state index in [1.54, 1.807) is 7.11 Å². The molecule has 4 atom stereocenters. The Kier molecular flexibility index (Phi) is 10.8. The monoisotopic (exact) mass is 357 g/mol. The third-order valence-electron chi connectivity index (χ3n) is 4.16. The lowest BCUT2D eigenvalue weighted by Crippen LogP contribution is -2.50. The molecule has 0 heterocycles. The predicted molar refractivity (Wildman–Crippen MR) is 94.2 cm³/mol. The number of aliphatic hydroxyl groups excluding tert-OH is 5. The summed E-state index contributed by atoms with van der Waals surface area (Å²) >= 11 is 0. The van der Waals surface area contributed by atoms with Crippen LogP contribution >= 0.6 is 0 Å². The van der Waals surface area contributed by atoms with Crippen molar-refractivity contribution in [2.75, 3.05) is 40.0 Å². The predicted octanol–water partition coefficient (Wildman–Crippen LogP) is -0.996. The third kappa shape index (κ3) is 8.24. The molecule has 0 bridgehead atoms. The van der Waals surface area contributed by atoms with Crippen LogP contribution in [-0.2, 0) is 11.2 Å². The van der Waals surface area contributed by atoms with E-state index in [1.807, 2.05) is 23.1 Å². The Morgan fingerprint density at radius 2 is 1.60 bits per heavy atom. The molecule has 0 aliphatic rings. The number of aliphatic hydroxyl groups is 5. The highest BCUT2D eigenvalue weighted by molar-refractivity contribution is 5.14. The van der Waals surface area contributed by atoms with Crippen LogP contribution in [0.1, 0.15) is 12.0 Å². The van der Waals surface area contributed by atoms with Gasteiger partial charge in [-0.1, -0.05) is 30.3 Å². The summed E-state index contributed by atoms with van der Waals surface area (Å²) in [6, 6.07) is 10.1. The van der Waals surface area contributed by atoms with Gasteiger partial charge in [0.1, 0.15) is 18.3 Å². The van der Waals surface area contributed by atoms with Crippen LogP contribution in [0, 0.1) is 0 Å². The largest absolute Gasteiger partial charge is 0.394 e. The van der Waals surface area contributed by atoms with Gasteiger partial charge in [-0.05, 0) is 24.9 Å². The number of aryl methyl sites for hydroxylation is 1. The first-order valence-electron chi connectivity index (χ1n) is 8.58. The van der Waals surface area contributed by atoms with E-state index in [9.17, 15) is 20.4 Å². The summed E-state index contributed by atoms with van der Waals surface area (Å²) < 4.78 is 5.07. The summed E-state index contributed by atoms with van der Waals surface area (Å²) in [5.74, 6) is 0. The maximum absolute atomic E-state index is 10.1. The van der Waals surface area contributed by atoms with Gasteiger partial charge in [0.05, 0.1) is 19.3 Å². The Morgan fingerprint density at radius 1 is 0.960 bits per heavy atom. The van der Waals surface area contributed by atoms with E-state index >= 15 is 0 Å². The highest BCUT2D eigenvalue weighted by atomic mass is 16.5. The van der Waals surface area contributed by atoms with Crippen molar-refractivity contribution in [2.24, 2.45) is 0 Å². The fourth-order valence-corrected chi connectivity index (χ4v) is 2.60. The smallest absolute Gasteiger partial charge is 0.111 e. The zero-order valence-corrected chi connectivity index (χ0v) is 14.7. The molecule has 25 heavy (non-hydrogen) atoms. The van der Waals surface area contributed by atoms with E-state index in [2.05, 4.69) is 12.1 Å². The maximum atomic E-state index is 10.1. The van der Waals surface area contributed by atoms with E-state index in [-0.39, 0.29) is 6.54 Å². The van der Waals surface area contributed by atoms with Gasteiger partial charge < -0.3 is 30.3 Å². The van der Waals surface area contributed by atoms with Gasteiger partial charge in [-0.15, -0.1) is 0 Å². The highest BCUT2D eigenvalue weighted by Crippen LogP contribution is 2.09. The Hall–Kier alpha value is -1.06. The summed E-state index contributed by atoms with van der Waals surface area (Å²) in [6.45, 7) is 1.20. The zero-order chi connectivity index (χ0) is 18.7. The molecule has 0 aromatic heterocycles. The first-order chi connectivity index (χ1) is 12.0. The standard InChI is InChI=1S/C18H31NO6/c1-25-11-10-19(9-5-8-14-6-3-2-4-7-14)12-15(21)17(23)18(24)16(22)13-20/h2-4,6-7,15-18,20-24H,5,8-13H2,1H3/t15-,16-,17+,18+/m0/s1. The van der Waals surface area contributed by atoms with Gasteiger partial charge >= 0.3 is 0 Å². The minimum absolute atomic E-state index is 0.133. The lowest BCUT2D eigenvalue weighted by Gasteiger charge is -2.30. The van der Waals surface area contributed by atoms with E-state index in [0.29, 0.717) is 19.7 Å². The minimum atomic E-state index is -1.60. The second kappa shape index (κ2) is 12.3. The third-order valence-corrected chi connectivity index (χ3v) is 4.16. The lowest BCUT2D eigenvalue weighted by molar-refractivity contribution is -0.119. The van der Waals surface area contributed by atoms with Crippen LogP contribution < -0.4 is 0 Å². The molecule has 5 N–H and O–H groups in total. The van der Waals surface area contributed by atoms with Crippen molar-refractivity contribution < 1.29 is 30.3 Å². The van der Waals surface area contributed by atoms with E-state index in [1.165, 1.54) is 5.56 Å². The molecule has 0 radical (unpaired) electrons. The van der Waals surface area contributed by atoms with Gasteiger partial charge in [0.2, 0.25) is 0 Å². The van der Waals surface area contributed by atoms with E-state index in [4.69, 9.17) is 9.84 Å².